The van der Waals surface area contributed by atoms with Gasteiger partial charge in [-0.3, -0.25) is 0 Å². The predicted molar refractivity (Wildman–Crippen MR) is 50.0 cm³/mol. The molecule has 2 nitrogen and oxygen atoms in total. The van der Waals surface area contributed by atoms with Crippen molar-refractivity contribution in [3.05, 3.63) is 35.9 Å². The van der Waals surface area contributed by atoms with Gasteiger partial charge in [-0.25, -0.2) is 0 Å². The summed E-state index contributed by atoms with van der Waals surface area (Å²) in [6, 6.07) is 7.67. The van der Waals surface area contributed by atoms with Crippen molar-refractivity contribution in [1.29, 1.82) is 0 Å². The maximum atomic E-state index is 13.3. The van der Waals surface area contributed by atoms with Gasteiger partial charge in [-0.15, -0.1) is 0 Å². The monoisotopic (exact) mass is 201 g/mol. The smallest absolute Gasteiger partial charge is 0.287 e. The van der Waals surface area contributed by atoms with E-state index in [4.69, 9.17) is 0 Å². The van der Waals surface area contributed by atoms with Crippen molar-refractivity contribution in [2.75, 3.05) is 13.2 Å². The Kier molecular flexibility index (Phi) is 3.98. The first-order chi connectivity index (χ1) is 6.67. The summed E-state index contributed by atoms with van der Waals surface area (Å²) in [6.45, 7) is 1.59. The first-order valence-electron chi connectivity index (χ1n) is 4.45. The lowest BCUT2D eigenvalue weighted by molar-refractivity contribution is -0.0578. The van der Waals surface area contributed by atoms with E-state index < -0.39 is 12.5 Å². The van der Waals surface area contributed by atoms with Crippen molar-refractivity contribution in [3.63, 3.8) is 0 Å². The van der Waals surface area contributed by atoms with Crippen LogP contribution in [0.25, 0.3) is 0 Å². The third-order valence-corrected chi connectivity index (χ3v) is 1.74. The molecule has 14 heavy (non-hydrogen) atoms. The van der Waals surface area contributed by atoms with E-state index in [2.05, 4.69) is 10.3 Å². The second kappa shape index (κ2) is 5.02. The molecule has 0 heterocycles. The number of alkyl halides is 2. The number of benzene rings is 1. The highest BCUT2D eigenvalue weighted by atomic mass is 19.3. The van der Waals surface area contributed by atoms with Crippen molar-refractivity contribution in [1.82, 2.24) is 5.48 Å². The second-order valence-corrected chi connectivity index (χ2v) is 2.82. The minimum Gasteiger partial charge on any atom is -0.302 e. The summed E-state index contributed by atoms with van der Waals surface area (Å²) >= 11 is 0. The zero-order chi connectivity index (χ0) is 10.4. The van der Waals surface area contributed by atoms with Crippen LogP contribution in [0.4, 0.5) is 8.78 Å². The van der Waals surface area contributed by atoms with E-state index in [1.165, 1.54) is 12.1 Å². The minimum atomic E-state index is -2.89. The molecular weight excluding hydrogens is 188 g/mol. The number of hydrogen-bond donors (Lipinski definition) is 1. The van der Waals surface area contributed by atoms with Gasteiger partial charge in [0.05, 0.1) is 13.2 Å². The van der Waals surface area contributed by atoms with Gasteiger partial charge in [0.25, 0.3) is 5.92 Å². The van der Waals surface area contributed by atoms with E-state index in [-0.39, 0.29) is 5.56 Å². The molecule has 0 saturated carbocycles. The number of hydroxylamine groups is 1. The SMILES string of the molecule is CCONCC(F)(F)c1ccccc1. The molecule has 0 aliphatic rings. The van der Waals surface area contributed by atoms with Gasteiger partial charge < -0.3 is 4.84 Å². The molecule has 4 heteroatoms. The van der Waals surface area contributed by atoms with Crippen LogP contribution in [-0.4, -0.2) is 13.2 Å². The molecule has 0 unspecified atom stereocenters. The molecule has 78 valence electrons. The Morgan fingerprint density at radius 1 is 1.29 bits per heavy atom. The largest absolute Gasteiger partial charge is 0.302 e. The van der Waals surface area contributed by atoms with Crippen molar-refractivity contribution in [3.8, 4) is 0 Å². The Morgan fingerprint density at radius 3 is 2.50 bits per heavy atom. The summed E-state index contributed by atoms with van der Waals surface area (Å²) in [4.78, 5) is 4.66. The van der Waals surface area contributed by atoms with Crippen LogP contribution in [0.1, 0.15) is 12.5 Å². The van der Waals surface area contributed by atoms with E-state index in [1.807, 2.05) is 0 Å². The Hall–Kier alpha value is -1.00. The highest BCUT2D eigenvalue weighted by Gasteiger charge is 2.30. The molecule has 0 saturated heterocycles. The summed E-state index contributed by atoms with van der Waals surface area (Å²) in [6.07, 6.45) is 0. The molecule has 0 aliphatic heterocycles. The van der Waals surface area contributed by atoms with Crippen LogP contribution < -0.4 is 5.48 Å². The van der Waals surface area contributed by atoms with Crippen molar-refractivity contribution < 1.29 is 13.6 Å². The van der Waals surface area contributed by atoms with Crippen LogP contribution in [-0.2, 0) is 10.8 Å². The fourth-order valence-corrected chi connectivity index (χ4v) is 1.03. The van der Waals surface area contributed by atoms with Gasteiger partial charge in [0, 0.05) is 5.56 Å². The van der Waals surface area contributed by atoms with Gasteiger partial charge in [-0.05, 0) is 6.92 Å². The van der Waals surface area contributed by atoms with E-state index in [9.17, 15) is 8.78 Å². The van der Waals surface area contributed by atoms with Gasteiger partial charge in [0.2, 0.25) is 0 Å². The molecule has 0 aromatic heterocycles. The van der Waals surface area contributed by atoms with Crippen molar-refractivity contribution in [2.24, 2.45) is 0 Å². The normalized spacial score (nSPS) is 11.6. The minimum absolute atomic E-state index is 0.00722. The summed E-state index contributed by atoms with van der Waals surface area (Å²) in [5.74, 6) is -2.89. The summed E-state index contributed by atoms with van der Waals surface area (Å²) in [7, 11) is 0. The molecule has 0 fully saturated rings. The summed E-state index contributed by atoms with van der Waals surface area (Å²) in [5, 5.41) is 0. The van der Waals surface area contributed by atoms with Crippen LogP contribution in [0.3, 0.4) is 0 Å². The van der Waals surface area contributed by atoms with E-state index >= 15 is 0 Å². The van der Waals surface area contributed by atoms with E-state index in [1.54, 1.807) is 25.1 Å². The van der Waals surface area contributed by atoms with Gasteiger partial charge in [0.15, 0.2) is 0 Å². The van der Waals surface area contributed by atoms with E-state index in [0.717, 1.165) is 0 Å². The first kappa shape index (κ1) is 11.1. The number of rotatable bonds is 5. The molecule has 0 radical (unpaired) electrons. The van der Waals surface area contributed by atoms with Gasteiger partial charge in [0.1, 0.15) is 0 Å². The maximum Gasteiger partial charge on any atom is 0.287 e. The second-order valence-electron chi connectivity index (χ2n) is 2.82. The number of nitrogens with one attached hydrogen (secondary N) is 1. The van der Waals surface area contributed by atoms with Crippen molar-refractivity contribution >= 4 is 0 Å². The Morgan fingerprint density at radius 2 is 1.93 bits per heavy atom. The lowest BCUT2D eigenvalue weighted by Gasteiger charge is -2.16. The molecule has 1 rings (SSSR count). The van der Waals surface area contributed by atoms with Gasteiger partial charge in [-0.2, -0.15) is 14.3 Å². The lowest BCUT2D eigenvalue weighted by atomic mass is 10.1. The first-order valence-corrected chi connectivity index (χ1v) is 4.45. The van der Waals surface area contributed by atoms with E-state index in [0.29, 0.717) is 6.61 Å². The third-order valence-electron chi connectivity index (χ3n) is 1.74. The standard InChI is InChI=1S/C10H13F2NO/c1-2-14-13-8-10(11,12)9-6-4-3-5-7-9/h3-7,13H,2,8H2,1H3. The molecule has 1 aromatic carbocycles. The Balaban J connectivity index is 2.56. The maximum absolute atomic E-state index is 13.3. The quantitative estimate of drug-likeness (QED) is 0.583. The molecule has 0 bridgehead atoms. The van der Waals surface area contributed by atoms with Gasteiger partial charge in [-0.1, -0.05) is 30.3 Å². The summed E-state index contributed by atoms with van der Waals surface area (Å²) in [5.41, 5.74) is 2.22. The fourth-order valence-electron chi connectivity index (χ4n) is 1.03. The number of hydrogen-bond acceptors (Lipinski definition) is 2. The fraction of sp³-hybridized carbons (Fsp3) is 0.400. The summed E-state index contributed by atoms with van der Waals surface area (Å²) < 4.78 is 26.7. The highest BCUT2D eigenvalue weighted by molar-refractivity contribution is 5.20. The van der Waals surface area contributed by atoms with Crippen LogP contribution in [0.15, 0.2) is 30.3 Å². The van der Waals surface area contributed by atoms with Crippen LogP contribution in [0.5, 0.6) is 0 Å². The topological polar surface area (TPSA) is 21.3 Å². The average Bonchev–Trinajstić information content (AvgIpc) is 2.19. The molecule has 0 spiro atoms. The average molecular weight is 201 g/mol. The van der Waals surface area contributed by atoms with Crippen LogP contribution in [0.2, 0.25) is 0 Å². The van der Waals surface area contributed by atoms with Crippen LogP contribution >= 0.6 is 0 Å². The van der Waals surface area contributed by atoms with Crippen molar-refractivity contribution in [2.45, 2.75) is 12.8 Å². The molecule has 1 N–H and O–H groups in total. The zero-order valence-electron chi connectivity index (χ0n) is 7.97. The Bertz CT molecular complexity index is 264. The third kappa shape index (κ3) is 3.05. The van der Waals surface area contributed by atoms with Crippen LogP contribution in [0, 0.1) is 0 Å². The highest BCUT2D eigenvalue weighted by Crippen LogP contribution is 2.26. The Labute approximate surface area is 81.8 Å². The molecular formula is C10H13F2NO. The lowest BCUT2D eigenvalue weighted by Crippen LogP contribution is -2.30. The number of halogens is 2. The van der Waals surface area contributed by atoms with Gasteiger partial charge >= 0.3 is 0 Å². The predicted octanol–water partition coefficient (Wildman–Crippen LogP) is 2.32. The molecule has 1 aromatic rings. The molecule has 0 aliphatic carbocycles. The molecule has 0 atom stereocenters. The molecule has 0 amide bonds. The zero-order valence-corrected chi connectivity index (χ0v) is 7.97.